The number of aromatic nitrogens is 1. The Morgan fingerprint density at radius 1 is 1.47 bits per heavy atom. The van der Waals surface area contributed by atoms with Crippen molar-refractivity contribution in [3.05, 3.63) is 23.9 Å². The second kappa shape index (κ2) is 5.88. The van der Waals surface area contributed by atoms with Gasteiger partial charge in [-0.05, 0) is 30.5 Å². The van der Waals surface area contributed by atoms with Gasteiger partial charge in [0.2, 0.25) is 0 Å². The third-order valence-corrected chi connectivity index (χ3v) is 4.09. The maximum Gasteiger partial charge on any atom is 0.149 e. The Morgan fingerprint density at radius 3 is 2.84 bits per heavy atom. The normalized spacial score (nSPS) is 15.5. The SMILES string of the molecule is CN(CCS(C)(=O)=O)c1cc(CNC2CC2)ccn1. The molecule has 5 nitrogen and oxygen atoms in total. The summed E-state index contributed by atoms with van der Waals surface area (Å²) in [5, 5.41) is 3.45. The van der Waals surface area contributed by atoms with Crippen molar-refractivity contribution in [2.24, 2.45) is 0 Å². The summed E-state index contributed by atoms with van der Waals surface area (Å²) in [4.78, 5) is 6.16. The molecule has 106 valence electrons. The Labute approximate surface area is 114 Å². The van der Waals surface area contributed by atoms with Crippen molar-refractivity contribution < 1.29 is 8.42 Å². The predicted molar refractivity (Wildman–Crippen MR) is 77.1 cm³/mol. The Bertz CT molecular complexity index is 526. The Kier molecular flexibility index (Phi) is 4.42. The lowest BCUT2D eigenvalue weighted by Gasteiger charge is -2.18. The van der Waals surface area contributed by atoms with Gasteiger partial charge in [-0.25, -0.2) is 13.4 Å². The lowest BCUT2D eigenvalue weighted by Crippen LogP contribution is -2.26. The van der Waals surface area contributed by atoms with E-state index in [-0.39, 0.29) is 5.75 Å². The minimum atomic E-state index is -2.93. The first-order valence-electron chi connectivity index (χ1n) is 6.51. The molecular formula is C13H21N3O2S. The molecule has 0 aromatic carbocycles. The zero-order chi connectivity index (χ0) is 13.9. The second-order valence-electron chi connectivity index (χ2n) is 5.23. The minimum Gasteiger partial charge on any atom is -0.359 e. The van der Waals surface area contributed by atoms with Crippen molar-refractivity contribution in [1.82, 2.24) is 10.3 Å². The highest BCUT2D eigenvalue weighted by atomic mass is 32.2. The fourth-order valence-electron chi connectivity index (χ4n) is 1.75. The maximum absolute atomic E-state index is 11.2. The van der Waals surface area contributed by atoms with Crippen molar-refractivity contribution in [2.75, 3.05) is 30.5 Å². The summed E-state index contributed by atoms with van der Waals surface area (Å²) in [6.07, 6.45) is 5.57. The molecule has 0 bridgehead atoms. The van der Waals surface area contributed by atoms with Crippen LogP contribution in [-0.2, 0) is 16.4 Å². The van der Waals surface area contributed by atoms with Gasteiger partial charge in [-0.2, -0.15) is 0 Å². The van der Waals surface area contributed by atoms with Gasteiger partial charge in [-0.15, -0.1) is 0 Å². The topological polar surface area (TPSA) is 62.3 Å². The molecule has 1 saturated carbocycles. The van der Waals surface area contributed by atoms with Crippen LogP contribution in [0.1, 0.15) is 18.4 Å². The molecule has 2 rings (SSSR count). The van der Waals surface area contributed by atoms with Gasteiger partial charge in [-0.1, -0.05) is 0 Å². The summed E-state index contributed by atoms with van der Waals surface area (Å²) in [6.45, 7) is 1.31. The van der Waals surface area contributed by atoms with Gasteiger partial charge >= 0.3 is 0 Å². The molecule has 0 radical (unpaired) electrons. The molecule has 1 aliphatic rings. The van der Waals surface area contributed by atoms with E-state index >= 15 is 0 Å². The highest BCUT2D eigenvalue weighted by Gasteiger charge is 2.20. The molecule has 1 aromatic rings. The van der Waals surface area contributed by atoms with Crippen LogP contribution in [0.3, 0.4) is 0 Å². The summed E-state index contributed by atoms with van der Waals surface area (Å²) >= 11 is 0. The number of hydrogen-bond acceptors (Lipinski definition) is 5. The first-order valence-corrected chi connectivity index (χ1v) is 8.57. The van der Waals surface area contributed by atoms with Crippen molar-refractivity contribution >= 4 is 15.7 Å². The summed E-state index contributed by atoms with van der Waals surface area (Å²) in [7, 11) is -1.07. The highest BCUT2D eigenvalue weighted by molar-refractivity contribution is 7.90. The number of anilines is 1. The lowest BCUT2D eigenvalue weighted by molar-refractivity contribution is 0.601. The number of sulfone groups is 1. The standard InChI is InChI=1S/C13H21N3O2S/c1-16(7-8-19(2,17)18)13-9-11(5-6-14-13)10-15-12-3-4-12/h5-6,9,12,15H,3-4,7-8,10H2,1-2H3. The van der Waals surface area contributed by atoms with Gasteiger partial charge in [0.1, 0.15) is 15.7 Å². The maximum atomic E-state index is 11.2. The average Bonchev–Trinajstić information content (AvgIpc) is 3.17. The van der Waals surface area contributed by atoms with Crippen LogP contribution in [0.15, 0.2) is 18.3 Å². The summed E-state index contributed by atoms with van der Waals surface area (Å²) in [5.74, 6) is 0.967. The van der Waals surface area contributed by atoms with Crippen molar-refractivity contribution in [3.8, 4) is 0 Å². The third-order valence-electron chi connectivity index (χ3n) is 3.17. The van der Waals surface area contributed by atoms with Crippen LogP contribution in [0, 0.1) is 0 Å². The molecule has 1 N–H and O–H groups in total. The van der Waals surface area contributed by atoms with E-state index in [1.54, 1.807) is 6.20 Å². The lowest BCUT2D eigenvalue weighted by atomic mass is 10.2. The predicted octanol–water partition coefficient (Wildman–Crippen LogP) is 0.814. The van der Waals surface area contributed by atoms with E-state index in [1.807, 2.05) is 24.1 Å². The number of rotatable bonds is 7. The van der Waals surface area contributed by atoms with Gasteiger partial charge < -0.3 is 10.2 Å². The van der Waals surface area contributed by atoms with Crippen molar-refractivity contribution in [3.63, 3.8) is 0 Å². The van der Waals surface area contributed by atoms with E-state index in [1.165, 1.54) is 24.7 Å². The molecule has 0 atom stereocenters. The van der Waals surface area contributed by atoms with Gasteiger partial charge in [0.05, 0.1) is 5.75 Å². The Hall–Kier alpha value is -1.14. The van der Waals surface area contributed by atoms with Crippen LogP contribution in [0.25, 0.3) is 0 Å². The van der Waals surface area contributed by atoms with Gasteiger partial charge in [-0.3, -0.25) is 0 Å². The van der Waals surface area contributed by atoms with Crippen LogP contribution in [0.4, 0.5) is 5.82 Å². The van der Waals surface area contributed by atoms with Crippen molar-refractivity contribution in [1.29, 1.82) is 0 Å². The van der Waals surface area contributed by atoms with E-state index in [0.717, 1.165) is 12.4 Å². The van der Waals surface area contributed by atoms with Crippen LogP contribution >= 0.6 is 0 Å². The minimum absolute atomic E-state index is 0.149. The molecule has 0 unspecified atom stereocenters. The first-order chi connectivity index (χ1) is 8.94. The van der Waals surface area contributed by atoms with E-state index in [9.17, 15) is 8.42 Å². The van der Waals surface area contributed by atoms with E-state index < -0.39 is 9.84 Å². The van der Waals surface area contributed by atoms with Crippen LogP contribution < -0.4 is 10.2 Å². The van der Waals surface area contributed by atoms with E-state index in [2.05, 4.69) is 10.3 Å². The molecule has 6 heteroatoms. The monoisotopic (exact) mass is 283 g/mol. The molecular weight excluding hydrogens is 262 g/mol. The first kappa shape index (κ1) is 14.3. The quantitative estimate of drug-likeness (QED) is 0.802. The van der Waals surface area contributed by atoms with Crippen LogP contribution in [0.2, 0.25) is 0 Å². The van der Waals surface area contributed by atoms with E-state index in [4.69, 9.17) is 0 Å². The second-order valence-corrected chi connectivity index (χ2v) is 7.49. The van der Waals surface area contributed by atoms with Crippen LogP contribution in [0.5, 0.6) is 0 Å². The highest BCUT2D eigenvalue weighted by Crippen LogP contribution is 2.19. The Balaban J connectivity index is 1.92. The van der Waals surface area contributed by atoms with Gasteiger partial charge in [0, 0.05) is 38.6 Å². The fraction of sp³-hybridized carbons (Fsp3) is 0.615. The number of hydrogen-bond donors (Lipinski definition) is 1. The van der Waals surface area contributed by atoms with Crippen molar-refractivity contribution in [2.45, 2.75) is 25.4 Å². The zero-order valence-corrected chi connectivity index (χ0v) is 12.3. The largest absolute Gasteiger partial charge is 0.359 e. The van der Waals surface area contributed by atoms with Gasteiger partial charge in [0.25, 0.3) is 0 Å². The molecule has 1 heterocycles. The molecule has 0 spiro atoms. The molecule has 1 aromatic heterocycles. The smallest absolute Gasteiger partial charge is 0.149 e. The zero-order valence-electron chi connectivity index (χ0n) is 11.5. The molecule has 1 fully saturated rings. The summed E-state index contributed by atoms with van der Waals surface area (Å²) in [6, 6.07) is 4.68. The fourth-order valence-corrected chi connectivity index (χ4v) is 2.35. The van der Waals surface area contributed by atoms with Crippen LogP contribution in [-0.4, -0.2) is 45.0 Å². The molecule has 0 aliphatic heterocycles. The number of nitrogens with zero attached hydrogens (tertiary/aromatic N) is 2. The Morgan fingerprint density at radius 2 is 2.21 bits per heavy atom. The van der Waals surface area contributed by atoms with E-state index in [0.29, 0.717) is 12.6 Å². The van der Waals surface area contributed by atoms with Gasteiger partial charge in [0.15, 0.2) is 0 Å². The summed E-state index contributed by atoms with van der Waals surface area (Å²) < 4.78 is 22.3. The molecule has 0 amide bonds. The number of nitrogens with one attached hydrogen (secondary N) is 1. The number of pyridine rings is 1. The average molecular weight is 283 g/mol. The molecule has 0 saturated heterocycles. The molecule has 1 aliphatic carbocycles. The molecule has 19 heavy (non-hydrogen) atoms. The third kappa shape index (κ3) is 5.16. The summed E-state index contributed by atoms with van der Waals surface area (Å²) in [5.41, 5.74) is 1.18.